The van der Waals surface area contributed by atoms with Gasteiger partial charge in [0.05, 0.1) is 45.5 Å². The van der Waals surface area contributed by atoms with Gasteiger partial charge in [0, 0.05) is 17.7 Å². The number of amides is 3. The smallest absolute Gasteiger partial charge is 0.373 e. The Balaban J connectivity index is 1.64. The molecule has 15 heteroatoms. The lowest BCUT2D eigenvalue weighted by atomic mass is 10.1. The molecule has 2 heterocycles. The number of hydrogen-bond acceptors (Lipinski definition) is 12. The molecule has 1 saturated heterocycles. The average molecular weight is 581 g/mol. The predicted octanol–water partition coefficient (Wildman–Crippen LogP) is 3.31. The van der Waals surface area contributed by atoms with Crippen molar-refractivity contribution in [2.75, 3.05) is 28.4 Å². The third kappa shape index (κ3) is 5.84. The monoisotopic (exact) mass is 581 g/mol. The van der Waals surface area contributed by atoms with Gasteiger partial charge in [-0.05, 0) is 36.4 Å². The van der Waals surface area contributed by atoms with E-state index in [1.165, 1.54) is 58.8 Å². The number of ether oxygens (including phenoxy) is 5. The summed E-state index contributed by atoms with van der Waals surface area (Å²) in [7, 11) is 5.30. The highest BCUT2D eigenvalue weighted by Gasteiger charge is 2.35. The van der Waals surface area contributed by atoms with Gasteiger partial charge in [-0.1, -0.05) is 0 Å². The molecular formula is C27H23N3O12. The number of imide groups is 1. The summed E-state index contributed by atoms with van der Waals surface area (Å²) in [6.45, 7) is -0.323. The standard InChI is InChI=1S/C27H23N3O12/c1-37-21-11-15(12-22(38-2)23(21)39-3)25(32)42-19-7-5-16(30(35)36)9-14(19)10-18-24(31)29(27(34)28-18)13-17-6-8-20(41-17)26(33)40-4/h5-12H,13H2,1-4H3,(H,28,34)/b18-10-. The third-order valence-corrected chi connectivity index (χ3v) is 5.93. The zero-order valence-corrected chi connectivity index (χ0v) is 22.6. The van der Waals surface area contributed by atoms with Crippen LogP contribution in [0.4, 0.5) is 10.5 Å². The van der Waals surface area contributed by atoms with E-state index in [9.17, 15) is 29.3 Å². The molecule has 1 aliphatic rings. The van der Waals surface area contributed by atoms with Crippen LogP contribution in [0.25, 0.3) is 6.08 Å². The molecule has 1 aliphatic heterocycles. The number of hydrogen-bond donors (Lipinski definition) is 1. The van der Waals surface area contributed by atoms with Gasteiger partial charge >= 0.3 is 18.0 Å². The fourth-order valence-electron chi connectivity index (χ4n) is 3.91. The Hall–Kier alpha value is -5.86. The van der Waals surface area contributed by atoms with E-state index >= 15 is 0 Å². The number of nitro benzene ring substituents is 1. The Morgan fingerprint density at radius 3 is 2.24 bits per heavy atom. The van der Waals surface area contributed by atoms with Gasteiger partial charge in [-0.25, -0.2) is 14.4 Å². The lowest BCUT2D eigenvalue weighted by Crippen LogP contribution is -2.30. The highest BCUT2D eigenvalue weighted by atomic mass is 16.6. The summed E-state index contributed by atoms with van der Waals surface area (Å²) < 4.78 is 31.2. The fourth-order valence-corrected chi connectivity index (χ4v) is 3.91. The Labute approximate surface area is 237 Å². The first kappa shape index (κ1) is 29.1. The largest absolute Gasteiger partial charge is 0.493 e. The van der Waals surface area contributed by atoms with Gasteiger partial charge in [-0.2, -0.15) is 0 Å². The molecule has 4 rings (SSSR count). The number of urea groups is 1. The zero-order valence-electron chi connectivity index (χ0n) is 22.6. The Bertz CT molecular complexity index is 1600. The minimum Gasteiger partial charge on any atom is -0.493 e. The molecule has 15 nitrogen and oxygen atoms in total. The molecule has 42 heavy (non-hydrogen) atoms. The predicted molar refractivity (Wildman–Crippen MR) is 141 cm³/mol. The van der Waals surface area contributed by atoms with E-state index < -0.39 is 28.8 Å². The summed E-state index contributed by atoms with van der Waals surface area (Å²) in [4.78, 5) is 61.9. The average Bonchev–Trinajstić information content (AvgIpc) is 3.56. The van der Waals surface area contributed by atoms with Crippen LogP contribution >= 0.6 is 0 Å². The summed E-state index contributed by atoms with van der Waals surface area (Å²) in [6, 6.07) is 7.97. The van der Waals surface area contributed by atoms with Crippen molar-refractivity contribution in [2.45, 2.75) is 6.54 Å². The molecule has 2 aromatic carbocycles. The first-order valence-corrected chi connectivity index (χ1v) is 11.9. The number of methoxy groups -OCH3 is 4. The van der Waals surface area contributed by atoms with Gasteiger partial charge in [-0.3, -0.25) is 19.8 Å². The molecule has 1 aromatic heterocycles. The van der Waals surface area contributed by atoms with Crippen LogP contribution in [0, 0.1) is 10.1 Å². The van der Waals surface area contributed by atoms with Crippen LogP contribution in [0.1, 0.15) is 32.2 Å². The quantitative estimate of drug-likeness (QED) is 0.0921. The van der Waals surface area contributed by atoms with Crippen molar-refractivity contribution >= 4 is 35.6 Å². The number of carbonyl (C=O) groups excluding carboxylic acids is 4. The van der Waals surface area contributed by atoms with E-state index in [0.717, 1.165) is 23.1 Å². The number of furan rings is 1. The summed E-state index contributed by atoms with van der Waals surface area (Å²) in [5.74, 6) is -1.96. The normalized spacial score (nSPS) is 13.5. The number of carbonyl (C=O) groups is 4. The summed E-state index contributed by atoms with van der Waals surface area (Å²) in [5.41, 5.74) is -0.677. The fraction of sp³-hybridized carbons (Fsp3) is 0.185. The first-order valence-electron chi connectivity index (χ1n) is 11.9. The topological polar surface area (TPSA) is 186 Å². The number of nitro groups is 1. The van der Waals surface area contributed by atoms with Gasteiger partial charge in [0.2, 0.25) is 11.5 Å². The van der Waals surface area contributed by atoms with E-state index in [1.54, 1.807) is 0 Å². The number of non-ortho nitro benzene ring substituents is 1. The maximum atomic E-state index is 13.1. The third-order valence-electron chi connectivity index (χ3n) is 5.93. The van der Waals surface area contributed by atoms with Crippen LogP contribution in [0.5, 0.6) is 23.0 Å². The summed E-state index contributed by atoms with van der Waals surface area (Å²) in [5, 5.41) is 13.8. The molecule has 0 bridgehead atoms. The second kappa shape index (κ2) is 12.1. The Morgan fingerprint density at radius 1 is 0.952 bits per heavy atom. The maximum Gasteiger partial charge on any atom is 0.373 e. The van der Waals surface area contributed by atoms with Crippen LogP contribution < -0.4 is 24.3 Å². The zero-order chi connectivity index (χ0) is 30.6. The van der Waals surface area contributed by atoms with Crippen molar-refractivity contribution in [3.05, 3.63) is 80.9 Å². The molecule has 3 amide bonds. The molecule has 3 aromatic rings. The van der Waals surface area contributed by atoms with Crippen LogP contribution in [0.2, 0.25) is 0 Å². The minimum atomic E-state index is -0.884. The number of rotatable bonds is 10. The second-order valence-electron chi connectivity index (χ2n) is 8.42. The number of nitrogens with one attached hydrogen (secondary N) is 1. The molecule has 1 N–H and O–H groups in total. The lowest BCUT2D eigenvalue weighted by molar-refractivity contribution is -0.384. The number of nitrogens with zero attached hydrogens (tertiary/aromatic N) is 2. The molecule has 0 saturated carbocycles. The van der Waals surface area contributed by atoms with Crippen molar-refractivity contribution in [3.8, 4) is 23.0 Å². The van der Waals surface area contributed by atoms with E-state index in [-0.39, 0.29) is 63.6 Å². The van der Waals surface area contributed by atoms with Gasteiger partial charge in [0.15, 0.2) is 11.5 Å². The number of benzene rings is 2. The maximum absolute atomic E-state index is 13.1. The van der Waals surface area contributed by atoms with Crippen molar-refractivity contribution in [1.29, 1.82) is 0 Å². The Morgan fingerprint density at radius 2 is 1.64 bits per heavy atom. The van der Waals surface area contributed by atoms with E-state index in [0.29, 0.717) is 0 Å². The van der Waals surface area contributed by atoms with E-state index in [4.69, 9.17) is 23.4 Å². The molecule has 0 radical (unpaired) electrons. The molecule has 1 fully saturated rings. The second-order valence-corrected chi connectivity index (χ2v) is 8.42. The van der Waals surface area contributed by atoms with Gasteiger partial charge in [0.1, 0.15) is 17.2 Å². The van der Waals surface area contributed by atoms with Crippen LogP contribution in [-0.4, -0.2) is 62.1 Å². The van der Waals surface area contributed by atoms with E-state index in [2.05, 4.69) is 10.1 Å². The van der Waals surface area contributed by atoms with Crippen LogP contribution in [0.15, 0.2) is 52.6 Å². The molecule has 0 unspecified atom stereocenters. The molecule has 0 aliphatic carbocycles. The summed E-state index contributed by atoms with van der Waals surface area (Å²) >= 11 is 0. The molecule has 218 valence electrons. The minimum absolute atomic E-state index is 0.00245. The van der Waals surface area contributed by atoms with Crippen LogP contribution in [-0.2, 0) is 16.1 Å². The SMILES string of the molecule is COC(=O)c1ccc(CN2C(=O)N/C(=C\c3cc([N+](=O)[O-])ccc3OC(=O)c3cc(OC)c(OC)c(OC)c3)C2=O)o1. The van der Waals surface area contributed by atoms with E-state index in [1.807, 2.05) is 0 Å². The van der Waals surface area contributed by atoms with Gasteiger partial charge in [-0.15, -0.1) is 0 Å². The van der Waals surface area contributed by atoms with Crippen LogP contribution in [0.3, 0.4) is 0 Å². The van der Waals surface area contributed by atoms with Gasteiger partial charge < -0.3 is 33.4 Å². The highest BCUT2D eigenvalue weighted by molar-refractivity contribution is 6.14. The van der Waals surface area contributed by atoms with Gasteiger partial charge in [0.25, 0.3) is 11.6 Å². The van der Waals surface area contributed by atoms with Crippen molar-refractivity contribution < 1.29 is 52.2 Å². The molecule has 0 spiro atoms. The lowest BCUT2D eigenvalue weighted by Gasteiger charge is -2.14. The van der Waals surface area contributed by atoms with Crippen molar-refractivity contribution in [3.63, 3.8) is 0 Å². The summed E-state index contributed by atoms with van der Waals surface area (Å²) in [6.07, 6.45) is 1.13. The molecule has 0 atom stereocenters. The van der Waals surface area contributed by atoms with Crippen molar-refractivity contribution in [1.82, 2.24) is 10.2 Å². The Kier molecular flexibility index (Phi) is 8.40. The first-order chi connectivity index (χ1) is 20.1. The van der Waals surface area contributed by atoms with Crippen molar-refractivity contribution in [2.24, 2.45) is 0 Å². The number of esters is 2. The highest BCUT2D eigenvalue weighted by Crippen LogP contribution is 2.38. The molecular weight excluding hydrogens is 558 g/mol.